The standard InChI is InChI=1S/C6H13NO2/c1-5(2)9-4-6(8)3-7/h5H,3-4,7H2,1-2H3. The van der Waals surface area contributed by atoms with E-state index in [1.54, 1.807) is 0 Å². The molecular formula is C6H13NO2. The van der Waals surface area contributed by atoms with Gasteiger partial charge in [0.1, 0.15) is 6.61 Å². The van der Waals surface area contributed by atoms with Gasteiger partial charge in [-0.15, -0.1) is 0 Å². The van der Waals surface area contributed by atoms with Crippen LogP contribution >= 0.6 is 0 Å². The largest absolute Gasteiger partial charge is 0.371 e. The van der Waals surface area contributed by atoms with E-state index >= 15 is 0 Å². The monoisotopic (exact) mass is 131 g/mol. The molecule has 0 aliphatic rings. The summed E-state index contributed by atoms with van der Waals surface area (Å²) < 4.78 is 4.96. The van der Waals surface area contributed by atoms with Crippen LogP contribution in [-0.4, -0.2) is 25.0 Å². The maximum atomic E-state index is 10.5. The topological polar surface area (TPSA) is 52.3 Å². The minimum Gasteiger partial charge on any atom is -0.371 e. The molecule has 0 spiro atoms. The Balaban J connectivity index is 3.17. The molecule has 0 saturated heterocycles. The molecule has 0 atom stereocenters. The molecule has 0 aromatic heterocycles. The molecule has 0 heterocycles. The summed E-state index contributed by atoms with van der Waals surface area (Å²) >= 11 is 0. The Labute approximate surface area is 55.2 Å². The Morgan fingerprint density at radius 1 is 1.67 bits per heavy atom. The lowest BCUT2D eigenvalue weighted by molar-refractivity contribution is -0.123. The highest BCUT2D eigenvalue weighted by atomic mass is 16.5. The molecule has 3 nitrogen and oxygen atoms in total. The molecule has 0 unspecified atom stereocenters. The van der Waals surface area contributed by atoms with Crippen molar-refractivity contribution in [3.63, 3.8) is 0 Å². The molecule has 0 aliphatic carbocycles. The number of ketones is 1. The molecule has 0 aromatic rings. The lowest BCUT2D eigenvalue weighted by Crippen LogP contribution is -2.21. The van der Waals surface area contributed by atoms with Crippen LogP contribution in [0.5, 0.6) is 0 Å². The number of Topliss-reactive ketones (excluding diaryl/α,β-unsaturated/α-hetero) is 1. The van der Waals surface area contributed by atoms with Gasteiger partial charge in [0.05, 0.1) is 12.6 Å². The van der Waals surface area contributed by atoms with Gasteiger partial charge in [-0.05, 0) is 13.8 Å². The number of carbonyl (C=O) groups is 1. The van der Waals surface area contributed by atoms with E-state index in [1.807, 2.05) is 13.8 Å². The van der Waals surface area contributed by atoms with Gasteiger partial charge in [0, 0.05) is 0 Å². The molecule has 54 valence electrons. The van der Waals surface area contributed by atoms with Crippen molar-refractivity contribution < 1.29 is 9.53 Å². The summed E-state index contributed by atoms with van der Waals surface area (Å²) in [4.78, 5) is 10.5. The Hall–Kier alpha value is -0.410. The third kappa shape index (κ3) is 5.46. The number of nitrogens with two attached hydrogens (primary N) is 1. The number of ether oxygens (including phenoxy) is 1. The third-order valence-electron chi connectivity index (χ3n) is 0.805. The fourth-order valence-corrected chi connectivity index (χ4v) is 0.319. The molecule has 0 amide bonds. The van der Waals surface area contributed by atoms with Gasteiger partial charge in [-0.25, -0.2) is 0 Å². The van der Waals surface area contributed by atoms with E-state index in [0.29, 0.717) is 0 Å². The van der Waals surface area contributed by atoms with E-state index in [2.05, 4.69) is 0 Å². The molecule has 0 aromatic carbocycles. The first-order valence-electron chi connectivity index (χ1n) is 3.00. The van der Waals surface area contributed by atoms with Crippen LogP contribution in [-0.2, 0) is 9.53 Å². The lowest BCUT2D eigenvalue weighted by atomic mass is 10.4. The van der Waals surface area contributed by atoms with Crippen LogP contribution in [0.3, 0.4) is 0 Å². The molecule has 0 fully saturated rings. The normalized spacial score (nSPS) is 10.2. The van der Waals surface area contributed by atoms with Crippen LogP contribution in [0.4, 0.5) is 0 Å². The predicted octanol–water partition coefficient (Wildman–Crippen LogP) is -0.0608. The maximum Gasteiger partial charge on any atom is 0.171 e. The molecule has 3 heteroatoms. The maximum absolute atomic E-state index is 10.5. The summed E-state index contributed by atoms with van der Waals surface area (Å²) in [6, 6.07) is 0. The zero-order chi connectivity index (χ0) is 7.28. The van der Waals surface area contributed by atoms with Crippen molar-refractivity contribution >= 4 is 5.78 Å². The molecular weight excluding hydrogens is 118 g/mol. The van der Waals surface area contributed by atoms with Crippen molar-refractivity contribution in [3.8, 4) is 0 Å². The van der Waals surface area contributed by atoms with Crippen LogP contribution in [0, 0.1) is 0 Å². The van der Waals surface area contributed by atoms with Crippen LogP contribution in [0.2, 0.25) is 0 Å². The highest BCUT2D eigenvalue weighted by Gasteiger charge is 1.98. The third-order valence-corrected chi connectivity index (χ3v) is 0.805. The van der Waals surface area contributed by atoms with E-state index in [4.69, 9.17) is 10.5 Å². The van der Waals surface area contributed by atoms with Crippen LogP contribution in [0.25, 0.3) is 0 Å². The highest BCUT2D eigenvalue weighted by Crippen LogP contribution is 1.85. The second-order valence-corrected chi connectivity index (χ2v) is 2.10. The Morgan fingerprint density at radius 3 is 2.56 bits per heavy atom. The summed E-state index contributed by atoms with van der Waals surface area (Å²) in [5.41, 5.74) is 5.03. The number of hydrogen-bond donors (Lipinski definition) is 1. The van der Waals surface area contributed by atoms with Crippen molar-refractivity contribution in [2.75, 3.05) is 13.2 Å². The Morgan fingerprint density at radius 2 is 2.22 bits per heavy atom. The van der Waals surface area contributed by atoms with Gasteiger partial charge in [0.2, 0.25) is 0 Å². The summed E-state index contributed by atoms with van der Waals surface area (Å²) in [7, 11) is 0. The van der Waals surface area contributed by atoms with Gasteiger partial charge in [0.25, 0.3) is 0 Å². The molecule has 9 heavy (non-hydrogen) atoms. The van der Waals surface area contributed by atoms with Crippen LogP contribution in [0.15, 0.2) is 0 Å². The average Bonchev–Trinajstić information content (AvgIpc) is 1.83. The quantitative estimate of drug-likeness (QED) is 0.581. The van der Waals surface area contributed by atoms with Gasteiger partial charge in [-0.3, -0.25) is 4.79 Å². The van der Waals surface area contributed by atoms with Crippen molar-refractivity contribution in [3.05, 3.63) is 0 Å². The lowest BCUT2D eigenvalue weighted by Gasteiger charge is -2.03. The van der Waals surface area contributed by atoms with Gasteiger partial charge in [-0.1, -0.05) is 0 Å². The first kappa shape index (κ1) is 8.59. The van der Waals surface area contributed by atoms with Crippen molar-refractivity contribution in [1.82, 2.24) is 0 Å². The SMILES string of the molecule is CC(C)OCC(=O)CN. The minimum absolute atomic E-state index is 0.0521. The molecule has 0 bridgehead atoms. The summed E-state index contributed by atoms with van der Waals surface area (Å²) in [5, 5.41) is 0. The second-order valence-electron chi connectivity index (χ2n) is 2.10. The zero-order valence-electron chi connectivity index (χ0n) is 5.89. The number of rotatable bonds is 4. The van der Waals surface area contributed by atoms with E-state index < -0.39 is 0 Å². The van der Waals surface area contributed by atoms with Gasteiger partial charge < -0.3 is 10.5 Å². The molecule has 2 N–H and O–H groups in total. The molecule has 0 rings (SSSR count). The first-order chi connectivity index (χ1) is 4.16. The zero-order valence-corrected chi connectivity index (χ0v) is 5.89. The summed E-state index contributed by atoms with van der Waals surface area (Å²) in [6.45, 7) is 3.98. The molecule has 0 radical (unpaired) electrons. The van der Waals surface area contributed by atoms with Crippen molar-refractivity contribution in [2.45, 2.75) is 20.0 Å². The fraction of sp³-hybridized carbons (Fsp3) is 0.833. The highest BCUT2D eigenvalue weighted by molar-refractivity contribution is 5.81. The van der Waals surface area contributed by atoms with Gasteiger partial charge in [-0.2, -0.15) is 0 Å². The number of carbonyl (C=O) groups excluding carboxylic acids is 1. The Bertz CT molecular complexity index is 91.1. The smallest absolute Gasteiger partial charge is 0.171 e. The van der Waals surface area contributed by atoms with E-state index in [1.165, 1.54) is 0 Å². The first-order valence-corrected chi connectivity index (χ1v) is 3.00. The average molecular weight is 131 g/mol. The predicted molar refractivity (Wildman–Crippen MR) is 35.1 cm³/mol. The second kappa shape index (κ2) is 4.47. The van der Waals surface area contributed by atoms with Crippen LogP contribution in [0.1, 0.15) is 13.8 Å². The minimum atomic E-state index is -0.0521. The molecule has 0 aliphatic heterocycles. The van der Waals surface area contributed by atoms with Crippen molar-refractivity contribution in [1.29, 1.82) is 0 Å². The fourth-order valence-electron chi connectivity index (χ4n) is 0.319. The summed E-state index contributed by atoms with van der Waals surface area (Å²) in [6.07, 6.45) is 0.112. The van der Waals surface area contributed by atoms with Gasteiger partial charge >= 0.3 is 0 Å². The number of hydrogen-bond acceptors (Lipinski definition) is 3. The van der Waals surface area contributed by atoms with Crippen molar-refractivity contribution in [2.24, 2.45) is 5.73 Å². The van der Waals surface area contributed by atoms with Crippen LogP contribution < -0.4 is 5.73 Å². The molecule has 0 saturated carbocycles. The Kier molecular flexibility index (Phi) is 4.26. The van der Waals surface area contributed by atoms with E-state index in [-0.39, 0.29) is 25.0 Å². The van der Waals surface area contributed by atoms with E-state index in [9.17, 15) is 4.79 Å². The van der Waals surface area contributed by atoms with E-state index in [0.717, 1.165) is 0 Å². The van der Waals surface area contributed by atoms with Gasteiger partial charge in [0.15, 0.2) is 5.78 Å². The summed E-state index contributed by atoms with van der Waals surface area (Å²) in [5.74, 6) is -0.0521.